The average molecular weight is 510 g/mol. The van der Waals surface area contributed by atoms with E-state index in [4.69, 9.17) is 9.47 Å². The monoisotopic (exact) mass is 509 g/mol. The second kappa shape index (κ2) is 12.2. The smallest absolute Gasteiger partial charge is 0.348 e. The van der Waals surface area contributed by atoms with Crippen LogP contribution in [-0.4, -0.2) is 44.0 Å². The molecular formula is C25H35NO6S2. The summed E-state index contributed by atoms with van der Waals surface area (Å²) >= 11 is 1.32. The molecule has 2 heterocycles. The predicted octanol–water partition coefficient (Wildman–Crippen LogP) is 5.05. The van der Waals surface area contributed by atoms with Gasteiger partial charge in [-0.2, -0.15) is 0 Å². The summed E-state index contributed by atoms with van der Waals surface area (Å²) in [7, 11) is -3.42. The Kier molecular flexibility index (Phi) is 9.53. The molecule has 9 heteroatoms. The molecule has 0 saturated carbocycles. The summed E-state index contributed by atoms with van der Waals surface area (Å²) in [5.41, 5.74) is 1.39. The molecule has 1 saturated heterocycles. The first-order chi connectivity index (χ1) is 16.2. The molecule has 0 spiro atoms. The van der Waals surface area contributed by atoms with E-state index in [-0.39, 0.29) is 30.5 Å². The van der Waals surface area contributed by atoms with Gasteiger partial charge in [0.2, 0.25) is 10.0 Å². The van der Waals surface area contributed by atoms with E-state index in [0.29, 0.717) is 30.0 Å². The zero-order valence-electron chi connectivity index (χ0n) is 20.1. The van der Waals surface area contributed by atoms with Crippen LogP contribution < -0.4 is 4.31 Å². The molecule has 0 radical (unpaired) electrons. The highest BCUT2D eigenvalue weighted by Gasteiger charge is 2.37. The number of esters is 1. The topological polar surface area (TPSA) is 93.1 Å². The molecule has 0 bridgehead atoms. The highest BCUT2D eigenvalue weighted by atomic mass is 32.2. The summed E-state index contributed by atoms with van der Waals surface area (Å²) in [4.78, 5) is 13.4. The number of ether oxygens (including phenoxy) is 2. The quantitative estimate of drug-likeness (QED) is 0.318. The maximum Gasteiger partial charge on any atom is 0.348 e. The third kappa shape index (κ3) is 7.04. The lowest BCUT2D eigenvalue weighted by atomic mass is 10.0. The van der Waals surface area contributed by atoms with Gasteiger partial charge < -0.3 is 14.6 Å². The van der Waals surface area contributed by atoms with Gasteiger partial charge >= 0.3 is 5.97 Å². The molecule has 1 aliphatic rings. The Morgan fingerprint density at radius 3 is 2.59 bits per heavy atom. The van der Waals surface area contributed by atoms with Crippen LogP contribution in [-0.2, 0) is 26.1 Å². The molecule has 0 amide bonds. The van der Waals surface area contributed by atoms with E-state index in [2.05, 4.69) is 6.92 Å². The number of carbonyl (C=O) groups is 1. The van der Waals surface area contributed by atoms with Crippen LogP contribution >= 0.6 is 11.3 Å². The molecule has 2 atom stereocenters. The highest BCUT2D eigenvalue weighted by Crippen LogP contribution is 2.31. The summed E-state index contributed by atoms with van der Waals surface area (Å²) in [5.74, 6) is -0.273. The Balaban J connectivity index is 1.59. The van der Waals surface area contributed by atoms with Crippen molar-refractivity contribution in [1.82, 2.24) is 0 Å². The van der Waals surface area contributed by atoms with Gasteiger partial charge in [-0.05, 0) is 56.5 Å². The SMILES string of the molecule is CCCCCC(O)c1ccc(N2C(COCc3ccc(C(=O)OC(C)C)s3)CCS2(=O)=O)cc1. The molecule has 1 N–H and O–H groups in total. The summed E-state index contributed by atoms with van der Waals surface area (Å²) < 4.78 is 38.0. The molecule has 1 aliphatic heterocycles. The van der Waals surface area contributed by atoms with Crippen LogP contribution in [0.3, 0.4) is 0 Å². The van der Waals surface area contributed by atoms with Gasteiger partial charge in [0.05, 0.1) is 42.9 Å². The highest BCUT2D eigenvalue weighted by molar-refractivity contribution is 7.93. The number of unbranched alkanes of at least 4 members (excludes halogenated alkanes) is 2. The fraction of sp³-hybridized carbons (Fsp3) is 0.560. The van der Waals surface area contributed by atoms with Crippen molar-refractivity contribution >= 4 is 33.0 Å². The van der Waals surface area contributed by atoms with E-state index in [1.54, 1.807) is 44.2 Å². The number of anilines is 1. The normalized spacial score (nSPS) is 18.4. The van der Waals surface area contributed by atoms with Gasteiger partial charge in [0.15, 0.2) is 0 Å². The first kappa shape index (κ1) is 26.7. The Morgan fingerprint density at radius 1 is 1.18 bits per heavy atom. The average Bonchev–Trinajstić information content (AvgIpc) is 3.38. The number of carbonyl (C=O) groups excluding carboxylic acids is 1. The van der Waals surface area contributed by atoms with Crippen LogP contribution in [0, 0.1) is 0 Å². The van der Waals surface area contributed by atoms with E-state index in [9.17, 15) is 18.3 Å². The number of benzene rings is 1. The molecule has 34 heavy (non-hydrogen) atoms. The number of thiophene rings is 1. The zero-order valence-corrected chi connectivity index (χ0v) is 21.7. The minimum Gasteiger partial charge on any atom is -0.459 e. The van der Waals surface area contributed by atoms with Crippen molar-refractivity contribution in [3.8, 4) is 0 Å². The van der Waals surface area contributed by atoms with E-state index in [0.717, 1.165) is 29.7 Å². The molecule has 1 aromatic carbocycles. The molecule has 7 nitrogen and oxygen atoms in total. The first-order valence-electron chi connectivity index (χ1n) is 11.9. The summed E-state index contributed by atoms with van der Waals surface area (Å²) in [6, 6.07) is 10.4. The number of aliphatic hydroxyl groups excluding tert-OH is 1. The van der Waals surface area contributed by atoms with Crippen molar-refractivity contribution in [1.29, 1.82) is 0 Å². The van der Waals surface area contributed by atoms with Crippen LogP contribution in [0.15, 0.2) is 36.4 Å². The first-order valence-corrected chi connectivity index (χ1v) is 14.3. The molecule has 3 rings (SSSR count). The van der Waals surface area contributed by atoms with Crippen LogP contribution in [0.25, 0.3) is 0 Å². The lowest BCUT2D eigenvalue weighted by molar-refractivity contribution is 0.0383. The lowest BCUT2D eigenvalue weighted by Crippen LogP contribution is -2.36. The maximum absolute atomic E-state index is 12.7. The largest absolute Gasteiger partial charge is 0.459 e. The molecule has 1 fully saturated rings. The third-order valence-corrected chi connectivity index (χ3v) is 8.61. The van der Waals surface area contributed by atoms with E-state index >= 15 is 0 Å². The Hall–Kier alpha value is -1.94. The Labute approximate surface area is 206 Å². The fourth-order valence-electron chi connectivity index (χ4n) is 3.98. The van der Waals surface area contributed by atoms with Gasteiger partial charge in [-0.15, -0.1) is 11.3 Å². The van der Waals surface area contributed by atoms with E-state index < -0.39 is 16.1 Å². The zero-order chi connectivity index (χ0) is 24.7. The van der Waals surface area contributed by atoms with Crippen LogP contribution in [0.5, 0.6) is 0 Å². The van der Waals surface area contributed by atoms with Gasteiger partial charge in [0.1, 0.15) is 4.88 Å². The molecule has 2 unspecified atom stereocenters. The van der Waals surface area contributed by atoms with Crippen LogP contribution in [0.2, 0.25) is 0 Å². The van der Waals surface area contributed by atoms with Crippen molar-refractivity contribution in [2.45, 2.75) is 77.7 Å². The predicted molar refractivity (Wildman–Crippen MR) is 135 cm³/mol. The Morgan fingerprint density at radius 2 is 1.91 bits per heavy atom. The van der Waals surface area contributed by atoms with Gasteiger partial charge in [-0.3, -0.25) is 4.31 Å². The van der Waals surface area contributed by atoms with Crippen LogP contribution in [0.4, 0.5) is 5.69 Å². The van der Waals surface area contributed by atoms with Crippen LogP contribution in [0.1, 0.15) is 79.1 Å². The van der Waals surface area contributed by atoms with Crippen molar-refractivity contribution in [2.24, 2.45) is 0 Å². The number of hydrogen-bond donors (Lipinski definition) is 1. The summed E-state index contributed by atoms with van der Waals surface area (Å²) in [6.07, 6.45) is 3.61. The lowest BCUT2D eigenvalue weighted by Gasteiger charge is -2.25. The fourth-order valence-corrected chi connectivity index (χ4v) is 6.64. The van der Waals surface area contributed by atoms with E-state index in [1.165, 1.54) is 15.6 Å². The third-order valence-electron chi connectivity index (χ3n) is 5.71. The minimum atomic E-state index is -3.42. The van der Waals surface area contributed by atoms with Gasteiger partial charge in [0.25, 0.3) is 0 Å². The molecule has 0 aliphatic carbocycles. The minimum absolute atomic E-state index is 0.0760. The Bertz CT molecular complexity index is 1030. The number of hydrogen-bond acceptors (Lipinski definition) is 7. The second-order valence-corrected chi connectivity index (χ2v) is 12.0. The number of aliphatic hydroxyl groups is 1. The van der Waals surface area contributed by atoms with Gasteiger partial charge in [-0.1, -0.05) is 38.3 Å². The van der Waals surface area contributed by atoms with Crippen molar-refractivity contribution in [3.05, 3.63) is 51.7 Å². The number of nitrogens with zero attached hydrogens (tertiary/aromatic N) is 1. The molecular weight excluding hydrogens is 474 g/mol. The second-order valence-electron chi connectivity index (χ2n) is 8.89. The maximum atomic E-state index is 12.7. The molecule has 2 aromatic rings. The van der Waals surface area contributed by atoms with Crippen molar-refractivity contribution in [2.75, 3.05) is 16.7 Å². The van der Waals surface area contributed by atoms with E-state index in [1.807, 2.05) is 6.07 Å². The van der Waals surface area contributed by atoms with Crippen molar-refractivity contribution in [3.63, 3.8) is 0 Å². The number of rotatable bonds is 12. The van der Waals surface area contributed by atoms with Gasteiger partial charge in [-0.25, -0.2) is 13.2 Å². The van der Waals surface area contributed by atoms with Gasteiger partial charge in [0, 0.05) is 4.88 Å². The summed E-state index contributed by atoms with van der Waals surface area (Å²) in [6.45, 7) is 6.29. The molecule has 1 aromatic heterocycles. The molecule has 188 valence electrons. The number of sulfonamides is 1. The van der Waals surface area contributed by atoms with Crippen molar-refractivity contribution < 1.29 is 27.8 Å². The standard InChI is InChI=1S/C25H35NO6S2/c1-4-5-6-7-23(27)19-8-10-20(11-9-19)26-21(14-15-34(26,29)30)16-31-17-22-12-13-24(33-22)25(28)32-18(2)3/h8-13,18,21,23,27H,4-7,14-17H2,1-3H3. The summed E-state index contributed by atoms with van der Waals surface area (Å²) in [5, 5.41) is 10.4.